The molecule has 0 unspecified atom stereocenters. The summed E-state index contributed by atoms with van der Waals surface area (Å²) in [5.74, 6) is -0.512. The Morgan fingerprint density at radius 2 is 1.93 bits per heavy atom. The lowest BCUT2D eigenvalue weighted by atomic mass is 10.0. The fourth-order valence-electron chi connectivity index (χ4n) is 4.06. The lowest BCUT2D eigenvalue weighted by Gasteiger charge is -2.30. The van der Waals surface area contributed by atoms with Crippen molar-refractivity contribution in [3.63, 3.8) is 0 Å². The van der Waals surface area contributed by atoms with Crippen LogP contribution in [-0.2, 0) is 28.9 Å². The first-order valence-corrected chi connectivity index (χ1v) is 11.0. The van der Waals surface area contributed by atoms with Crippen molar-refractivity contribution in [1.29, 1.82) is 0 Å². The zero-order valence-corrected chi connectivity index (χ0v) is 18.3. The molecule has 2 aromatic carbocycles. The highest BCUT2D eigenvalue weighted by atomic mass is 32.1. The molecule has 0 spiro atoms. The molecule has 0 atom stereocenters. The summed E-state index contributed by atoms with van der Waals surface area (Å²) in [7, 11) is 1.39. The molecule has 0 aliphatic carbocycles. The Hall–Kier alpha value is -2.70. The average molecular weight is 423 g/mol. The molecule has 1 aliphatic rings. The van der Waals surface area contributed by atoms with E-state index in [0.29, 0.717) is 16.6 Å². The summed E-state index contributed by atoms with van der Waals surface area (Å²) < 4.78 is 5.04. The van der Waals surface area contributed by atoms with E-state index in [9.17, 15) is 9.59 Å². The van der Waals surface area contributed by atoms with Crippen molar-refractivity contribution in [2.24, 2.45) is 0 Å². The van der Waals surface area contributed by atoms with Gasteiger partial charge < -0.3 is 10.1 Å². The number of esters is 1. The van der Waals surface area contributed by atoms with Gasteiger partial charge in [-0.15, -0.1) is 11.3 Å². The fraction of sp³-hybridized carbons (Fsp3) is 0.333. The van der Waals surface area contributed by atoms with Gasteiger partial charge in [0.25, 0.3) is 0 Å². The molecule has 0 saturated carbocycles. The van der Waals surface area contributed by atoms with Crippen molar-refractivity contribution < 1.29 is 14.3 Å². The molecule has 1 aromatic heterocycles. The highest BCUT2D eigenvalue weighted by Gasteiger charge is 2.30. The Balaban J connectivity index is 1.61. The summed E-state index contributed by atoms with van der Waals surface area (Å²) in [6.45, 7) is 6.04. The van der Waals surface area contributed by atoms with Crippen LogP contribution in [0.1, 0.15) is 40.2 Å². The first kappa shape index (κ1) is 20.6. The number of hydrogen-bond donors (Lipinski definition) is 1. The maximum atomic E-state index is 12.9. The number of anilines is 1. The summed E-state index contributed by atoms with van der Waals surface area (Å²) in [4.78, 5) is 28.9. The molecule has 30 heavy (non-hydrogen) atoms. The molecule has 2 heterocycles. The number of carbonyl (C=O) groups excluding carboxylic acids is 2. The van der Waals surface area contributed by atoms with Gasteiger partial charge in [-0.05, 0) is 42.2 Å². The van der Waals surface area contributed by atoms with Crippen LogP contribution in [0.15, 0.2) is 42.5 Å². The van der Waals surface area contributed by atoms with E-state index >= 15 is 0 Å². The fourth-order valence-corrected chi connectivity index (χ4v) is 5.34. The van der Waals surface area contributed by atoms with Crippen LogP contribution in [0.4, 0.5) is 5.00 Å². The molecule has 5 nitrogen and oxygen atoms in total. The molecule has 4 rings (SSSR count). The number of methoxy groups -OCH3 is 1. The van der Waals surface area contributed by atoms with E-state index in [0.717, 1.165) is 46.3 Å². The maximum absolute atomic E-state index is 12.9. The molecular formula is C24H26N2O3S. The lowest BCUT2D eigenvalue weighted by Crippen LogP contribution is -2.35. The van der Waals surface area contributed by atoms with Gasteiger partial charge in [0.2, 0.25) is 5.91 Å². The number of hydrogen-bond acceptors (Lipinski definition) is 5. The number of benzene rings is 2. The summed E-state index contributed by atoms with van der Waals surface area (Å²) >= 11 is 1.49. The van der Waals surface area contributed by atoms with Crippen molar-refractivity contribution in [3.8, 4) is 0 Å². The van der Waals surface area contributed by atoms with Crippen LogP contribution in [-0.4, -0.2) is 36.5 Å². The first-order valence-electron chi connectivity index (χ1n) is 10.2. The van der Waals surface area contributed by atoms with Crippen molar-refractivity contribution >= 4 is 39.0 Å². The van der Waals surface area contributed by atoms with Gasteiger partial charge in [-0.3, -0.25) is 9.69 Å². The molecule has 0 fully saturated rings. The van der Waals surface area contributed by atoms with Gasteiger partial charge in [-0.1, -0.05) is 42.5 Å². The van der Waals surface area contributed by atoms with E-state index < -0.39 is 0 Å². The number of nitrogens with one attached hydrogen (secondary N) is 1. The minimum absolute atomic E-state index is 0.129. The van der Waals surface area contributed by atoms with Crippen molar-refractivity contribution in [1.82, 2.24) is 4.90 Å². The van der Waals surface area contributed by atoms with E-state index in [2.05, 4.69) is 24.1 Å². The zero-order chi connectivity index (χ0) is 21.3. The van der Waals surface area contributed by atoms with Crippen molar-refractivity contribution in [3.05, 3.63) is 64.0 Å². The SMILES string of the molecule is COC(=O)c1c(NC(=O)Cc2cccc3ccccc23)sc2c1CCN(C(C)C)C2. The van der Waals surface area contributed by atoms with Gasteiger partial charge in [0.15, 0.2) is 0 Å². The molecule has 156 valence electrons. The van der Waals surface area contributed by atoms with Crippen LogP contribution in [0.2, 0.25) is 0 Å². The van der Waals surface area contributed by atoms with Gasteiger partial charge in [0.05, 0.1) is 19.1 Å². The maximum Gasteiger partial charge on any atom is 0.341 e. The molecule has 0 radical (unpaired) electrons. The van der Waals surface area contributed by atoms with E-state index in [1.165, 1.54) is 18.4 Å². The Morgan fingerprint density at radius 3 is 2.70 bits per heavy atom. The molecule has 0 saturated heterocycles. The summed E-state index contributed by atoms with van der Waals surface area (Å²) in [6, 6.07) is 14.5. The number of nitrogens with zero attached hydrogens (tertiary/aromatic N) is 1. The van der Waals surface area contributed by atoms with Gasteiger partial charge in [-0.2, -0.15) is 0 Å². The standard InChI is InChI=1S/C24H26N2O3S/c1-15(2)26-12-11-19-20(14-26)30-23(22(19)24(28)29-3)25-21(27)13-17-9-6-8-16-7-4-5-10-18(16)17/h4-10,15H,11-14H2,1-3H3,(H,25,27). The van der Waals surface area contributed by atoms with E-state index in [-0.39, 0.29) is 18.3 Å². The van der Waals surface area contributed by atoms with Crippen molar-refractivity contribution in [2.45, 2.75) is 39.3 Å². The highest BCUT2D eigenvalue weighted by molar-refractivity contribution is 7.17. The smallest absolute Gasteiger partial charge is 0.341 e. The van der Waals surface area contributed by atoms with Gasteiger partial charge >= 0.3 is 5.97 Å². The Bertz CT molecular complexity index is 1100. The van der Waals surface area contributed by atoms with Crippen LogP contribution in [0.25, 0.3) is 10.8 Å². The Morgan fingerprint density at radius 1 is 1.17 bits per heavy atom. The normalized spacial score (nSPS) is 14.0. The summed E-state index contributed by atoms with van der Waals surface area (Å²) in [6.07, 6.45) is 1.04. The zero-order valence-electron chi connectivity index (χ0n) is 17.5. The predicted octanol–water partition coefficient (Wildman–Crippen LogP) is 4.64. The third-order valence-electron chi connectivity index (χ3n) is 5.69. The number of fused-ring (bicyclic) bond motifs is 2. The van der Waals surface area contributed by atoms with Gasteiger partial charge in [0.1, 0.15) is 5.00 Å². The van der Waals surface area contributed by atoms with Crippen LogP contribution >= 0.6 is 11.3 Å². The second-order valence-electron chi connectivity index (χ2n) is 7.88. The van der Waals surface area contributed by atoms with Crippen molar-refractivity contribution in [2.75, 3.05) is 19.0 Å². The topological polar surface area (TPSA) is 58.6 Å². The summed E-state index contributed by atoms with van der Waals surface area (Å²) in [5.41, 5.74) is 2.51. The van der Waals surface area contributed by atoms with Crippen LogP contribution < -0.4 is 5.32 Å². The number of amides is 1. The minimum Gasteiger partial charge on any atom is -0.465 e. The Kier molecular flexibility index (Phi) is 5.88. The van der Waals surface area contributed by atoms with E-state index in [1.807, 2.05) is 42.5 Å². The molecular weight excluding hydrogens is 396 g/mol. The van der Waals surface area contributed by atoms with E-state index in [4.69, 9.17) is 4.74 Å². The monoisotopic (exact) mass is 422 g/mol. The number of rotatable bonds is 5. The largest absolute Gasteiger partial charge is 0.465 e. The number of ether oxygens (including phenoxy) is 1. The van der Waals surface area contributed by atoms with Crippen LogP contribution in [0, 0.1) is 0 Å². The molecule has 3 aromatic rings. The number of thiophene rings is 1. The second kappa shape index (κ2) is 8.58. The minimum atomic E-state index is -0.383. The van der Waals surface area contributed by atoms with Crippen LogP contribution in [0.3, 0.4) is 0 Å². The van der Waals surface area contributed by atoms with Gasteiger partial charge in [-0.25, -0.2) is 4.79 Å². The van der Waals surface area contributed by atoms with E-state index in [1.54, 1.807) is 0 Å². The molecule has 0 bridgehead atoms. The third kappa shape index (κ3) is 3.98. The lowest BCUT2D eigenvalue weighted by molar-refractivity contribution is -0.115. The summed E-state index contributed by atoms with van der Waals surface area (Å²) in [5, 5.41) is 5.78. The molecule has 1 amide bonds. The average Bonchev–Trinajstić information content (AvgIpc) is 3.10. The molecule has 1 N–H and O–H groups in total. The predicted molar refractivity (Wildman–Crippen MR) is 121 cm³/mol. The Labute approximate surface area is 180 Å². The first-order chi connectivity index (χ1) is 14.5. The highest BCUT2D eigenvalue weighted by Crippen LogP contribution is 2.38. The molecule has 1 aliphatic heterocycles. The third-order valence-corrected chi connectivity index (χ3v) is 6.82. The van der Waals surface area contributed by atoms with Gasteiger partial charge in [0, 0.05) is 24.0 Å². The second-order valence-corrected chi connectivity index (χ2v) is 8.98. The van der Waals surface area contributed by atoms with Crippen LogP contribution in [0.5, 0.6) is 0 Å². The quantitative estimate of drug-likeness (QED) is 0.609. The molecule has 6 heteroatoms. The number of carbonyl (C=O) groups is 2.